The van der Waals surface area contributed by atoms with Gasteiger partial charge in [-0.1, -0.05) is 11.6 Å². The van der Waals surface area contributed by atoms with Crippen LogP contribution in [0.4, 0.5) is 5.82 Å². The van der Waals surface area contributed by atoms with Gasteiger partial charge in [0.05, 0.1) is 17.2 Å². The molecule has 0 unspecified atom stereocenters. The Kier molecular flexibility index (Phi) is 6.75. The monoisotopic (exact) mass is 301 g/mol. The van der Waals surface area contributed by atoms with E-state index < -0.39 is 5.97 Å². The molecule has 1 rings (SSSR count). The largest absolute Gasteiger partial charge is 0.478 e. The quantitative estimate of drug-likeness (QED) is 0.619. The van der Waals surface area contributed by atoms with Gasteiger partial charge < -0.3 is 20.5 Å². The third-order valence-corrected chi connectivity index (χ3v) is 2.67. The van der Waals surface area contributed by atoms with Gasteiger partial charge in [0.25, 0.3) is 0 Å². The number of hydrogen-bond donors (Lipinski definition) is 3. The molecule has 8 heteroatoms. The van der Waals surface area contributed by atoms with Crippen LogP contribution in [0.1, 0.15) is 16.8 Å². The molecule has 0 bridgehead atoms. The van der Waals surface area contributed by atoms with E-state index in [2.05, 4.69) is 15.6 Å². The molecule has 0 aliphatic carbocycles. The second kappa shape index (κ2) is 8.34. The second-order valence-corrected chi connectivity index (χ2v) is 4.28. The van der Waals surface area contributed by atoms with Gasteiger partial charge in [-0.25, -0.2) is 9.78 Å². The lowest BCUT2D eigenvalue weighted by Crippen LogP contribution is -2.28. The van der Waals surface area contributed by atoms with Gasteiger partial charge in [0, 0.05) is 32.8 Å². The van der Waals surface area contributed by atoms with Crippen LogP contribution in [0.3, 0.4) is 0 Å². The van der Waals surface area contributed by atoms with Gasteiger partial charge in [-0.2, -0.15) is 0 Å². The molecule has 0 radical (unpaired) electrons. The highest BCUT2D eigenvalue weighted by atomic mass is 35.5. The lowest BCUT2D eigenvalue weighted by atomic mass is 10.2. The number of carboxylic acid groups (broad SMARTS) is 1. The van der Waals surface area contributed by atoms with E-state index in [4.69, 9.17) is 21.4 Å². The zero-order valence-electron chi connectivity index (χ0n) is 11.0. The van der Waals surface area contributed by atoms with Gasteiger partial charge in [0.15, 0.2) is 0 Å². The topological polar surface area (TPSA) is 101 Å². The fraction of sp³-hybridized carbons (Fsp3) is 0.417. The van der Waals surface area contributed by atoms with Crippen molar-refractivity contribution in [3.8, 4) is 0 Å². The van der Waals surface area contributed by atoms with Crippen molar-refractivity contribution >= 4 is 29.3 Å². The minimum atomic E-state index is -1.13. The molecule has 0 spiro atoms. The number of rotatable bonds is 8. The summed E-state index contributed by atoms with van der Waals surface area (Å²) in [5.74, 6) is -0.892. The minimum absolute atomic E-state index is 0.0336. The smallest absolute Gasteiger partial charge is 0.337 e. The number of carbonyl (C=O) groups excluding carboxylic acids is 1. The van der Waals surface area contributed by atoms with Crippen molar-refractivity contribution in [2.45, 2.75) is 6.42 Å². The van der Waals surface area contributed by atoms with Crippen molar-refractivity contribution in [1.82, 2.24) is 10.3 Å². The Labute approximate surface area is 121 Å². The van der Waals surface area contributed by atoms with Crippen LogP contribution in [0.25, 0.3) is 0 Å². The van der Waals surface area contributed by atoms with E-state index in [0.717, 1.165) is 0 Å². The third kappa shape index (κ3) is 5.41. The summed E-state index contributed by atoms with van der Waals surface area (Å²) in [6.45, 7) is 1.25. The zero-order chi connectivity index (χ0) is 15.0. The van der Waals surface area contributed by atoms with Gasteiger partial charge in [-0.05, 0) is 6.07 Å². The highest BCUT2D eigenvalue weighted by Crippen LogP contribution is 2.17. The van der Waals surface area contributed by atoms with Crippen molar-refractivity contribution < 1.29 is 19.4 Å². The van der Waals surface area contributed by atoms with Gasteiger partial charge in [0.1, 0.15) is 5.82 Å². The summed E-state index contributed by atoms with van der Waals surface area (Å²) in [4.78, 5) is 26.2. The Morgan fingerprint density at radius 1 is 1.45 bits per heavy atom. The number of ether oxygens (including phenoxy) is 1. The number of aromatic carboxylic acids is 1. The molecule has 3 N–H and O–H groups in total. The molecule has 1 aromatic heterocycles. The molecule has 0 aromatic carbocycles. The first kappa shape index (κ1) is 16.2. The average Bonchev–Trinajstić information content (AvgIpc) is 2.40. The average molecular weight is 302 g/mol. The van der Waals surface area contributed by atoms with Crippen molar-refractivity contribution in [3.63, 3.8) is 0 Å². The maximum Gasteiger partial charge on any atom is 0.337 e. The number of hydrogen-bond acceptors (Lipinski definition) is 5. The molecular weight excluding hydrogens is 286 g/mol. The van der Waals surface area contributed by atoms with E-state index in [0.29, 0.717) is 25.5 Å². The maximum absolute atomic E-state index is 11.4. The number of carbonyl (C=O) groups is 2. The molecule has 0 fully saturated rings. The fourth-order valence-electron chi connectivity index (χ4n) is 1.38. The molecule has 0 atom stereocenters. The predicted molar refractivity (Wildman–Crippen MR) is 74.2 cm³/mol. The minimum Gasteiger partial charge on any atom is -0.478 e. The van der Waals surface area contributed by atoms with E-state index in [1.54, 1.807) is 7.11 Å². The third-order valence-electron chi connectivity index (χ3n) is 2.37. The van der Waals surface area contributed by atoms with E-state index in [1.807, 2.05) is 0 Å². The first-order valence-electron chi connectivity index (χ1n) is 5.93. The Morgan fingerprint density at radius 3 is 2.85 bits per heavy atom. The molecule has 20 heavy (non-hydrogen) atoms. The van der Waals surface area contributed by atoms with Crippen LogP contribution in [0.2, 0.25) is 5.02 Å². The Morgan fingerprint density at radius 2 is 2.20 bits per heavy atom. The van der Waals surface area contributed by atoms with E-state index in [1.165, 1.54) is 12.3 Å². The van der Waals surface area contributed by atoms with E-state index in [-0.39, 0.29) is 22.9 Å². The van der Waals surface area contributed by atoms with Gasteiger partial charge in [-0.3, -0.25) is 4.79 Å². The SMILES string of the molecule is COCCNC(=O)CCNc1cc(C(=O)O)c(Cl)cn1. The number of nitrogens with one attached hydrogen (secondary N) is 2. The molecule has 1 amide bonds. The van der Waals surface area contributed by atoms with Crippen molar-refractivity contribution in [2.24, 2.45) is 0 Å². The summed E-state index contributed by atoms with van der Waals surface area (Å²) in [7, 11) is 1.56. The maximum atomic E-state index is 11.4. The molecule has 0 aliphatic rings. The standard InChI is InChI=1S/C12H16ClN3O4/c1-20-5-4-15-11(17)2-3-14-10-6-8(12(18)19)9(13)7-16-10/h6-7H,2-5H2,1H3,(H,14,16)(H,15,17)(H,18,19). The number of nitrogens with zero attached hydrogens (tertiary/aromatic N) is 1. The molecule has 0 saturated carbocycles. The summed E-state index contributed by atoms with van der Waals surface area (Å²) in [5.41, 5.74) is -0.0336. The Bertz CT molecular complexity index is 482. The highest BCUT2D eigenvalue weighted by molar-refractivity contribution is 6.33. The predicted octanol–water partition coefficient (Wildman–Crippen LogP) is 0.998. The number of carboxylic acids is 1. The van der Waals surface area contributed by atoms with Crippen LogP contribution in [-0.2, 0) is 9.53 Å². The number of halogens is 1. The zero-order valence-corrected chi connectivity index (χ0v) is 11.7. The van der Waals surface area contributed by atoms with Crippen LogP contribution >= 0.6 is 11.6 Å². The lowest BCUT2D eigenvalue weighted by molar-refractivity contribution is -0.121. The lowest BCUT2D eigenvalue weighted by Gasteiger charge is -2.07. The highest BCUT2D eigenvalue weighted by Gasteiger charge is 2.10. The number of aromatic nitrogens is 1. The Balaban J connectivity index is 2.40. The van der Waals surface area contributed by atoms with Crippen LogP contribution in [0.15, 0.2) is 12.3 Å². The summed E-state index contributed by atoms with van der Waals surface area (Å²) in [6.07, 6.45) is 1.50. The normalized spacial score (nSPS) is 10.1. The number of pyridine rings is 1. The van der Waals surface area contributed by atoms with Gasteiger partial charge in [0.2, 0.25) is 5.91 Å². The molecule has 1 aromatic rings. The first-order valence-corrected chi connectivity index (χ1v) is 6.30. The molecule has 7 nitrogen and oxygen atoms in total. The molecule has 110 valence electrons. The first-order chi connectivity index (χ1) is 9.54. The Hall–Kier alpha value is -1.86. The van der Waals surface area contributed by atoms with Crippen molar-refractivity contribution in [3.05, 3.63) is 22.8 Å². The van der Waals surface area contributed by atoms with Crippen LogP contribution < -0.4 is 10.6 Å². The van der Waals surface area contributed by atoms with E-state index >= 15 is 0 Å². The molecule has 0 saturated heterocycles. The molecule has 1 heterocycles. The summed E-state index contributed by atoms with van der Waals surface area (Å²) in [6, 6.07) is 1.33. The summed E-state index contributed by atoms with van der Waals surface area (Å²) >= 11 is 5.70. The molecule has 0 aliphatic heterocycles. The number of amides is 1. The fourth-order valence-corrected chi connectivity index (χ4v) is 1.57. The van der Waals surface area contributed by atoms with Gasteiger partial charge in [-0.15, -0.1) is 0 Å². The van der Waals surface area contributed by atoms with Crippen molar-refractivity contribution in [1.29, 1.82) is 0 Å². The van der Waals surface area contributed by atoms with Gasteiger partial charge >= 0.3 is 5.97 Å². The second-order valence-electron chi connectivity index (χ2n) is 3.87. The summed E-state index contributed by atoms with van der Waals surface area (Å²) in [5, 5.41) is 14.5. The number of methoxy groups -OCH3 is 1. The van der Waals surface area contributed by atoms with Crippen LogP contribution in [0.5, 0.6) is 0 Å². The summed E-state index contributed by atoms with van der Waals surface area (Å²) < 4.78 is 4.80. The van der Waals surface area contributed by atoms with Crippen LogP contribution in [0, 0.1) is 0 Å². The number of anilines is 1. The molecular formula is C12H16ClN3O4. The van der Waals surface area contributed by atoms with E-state index in [9.17, 15) is 9.59 Å². The van der Waals surface area contributed by atoms with Crippen molar-refractivity contribution in [2.75, 3.05) is 32.1 Å². The van der Waals surface area contributed by atoms with Crippen LogP contribution in [-0.4, -0.2) is 48.8 Å².